The van der Waals surface area contributed by atoms with E-state index in [0.717, 1.165) is 0 Å². The predicted molar refractivity (Wildman–Crippen MR) is 78.2 cm³/mol. The number of benzene rings is 2. The molecule has 0 aliphatic carbocycles. The van der Waals surface area contributed by atoms with E-state index >= 15 is 0 Å². The van der Waals surface area contributed by atoms with Gasteiger partial charge in [0, 0.05) is 0 Å². The topological polar surface area (TPSA) is 48.9 Å². The van der Waals surface area contributed by atoms with Crippen molar-refractivity contribution in [2.24, 2.45) is 0 Å². The van der Waals surface area contributed by atoms with E-state index in [4.69, 9.17) is 34.8 Å². The molecule has 3 nitrogen and oxygen atoms in total. The van der Waals surface area contributed by atoms with Crippen LogP contribution >= 0.6 is 34.8 Å². The number of nitrogens with one attached hydrogen (secondary N) is 1. The van der Waals surface area contributed by atoms with E-state index in [9.17, 15) is 9.50 Å². The van der Waals surface area contributed by atoms with Crippen LogP contribution in [0.5, 0.6) is 5.75 Å². The Hall–Kier alpha value is -1.49. The van der Waals surface area contributed by atoms with Crippen molar-refractivity contribution in [2.75, 3.05) is 0 Å². The molecule has 2 aromatic carbocycles. The van der Waals surface area contributed by atoms with E-state index in [1.165, 1.54) is 24.3 Å². The number of nitrogens with zero attached hydrogens (tertiary/aromatic N) is 1. The van der Waals surface area contributed by atoms with E-state index in [-0.39, 0.29) is 32.2 Å². The highest BCUT2D eigenvalue weighted by Gasteiger charge is 2.19. The van der Waals surface area contributed by atoms with Gasteiger partial charge in [0.25, 0.3) is 0 Å². The third kappa shape index (κ3) is 2.10. The minimum atomic E-state index is -0.396. The van der Waals surface area contributed by atoms with Crippen LogP contribution in [0.25, 0.3) is 22.4 Å². The molecular weight excluding hydrogens is 326 g/mol. The van der Waals surface area contributed by atoms with Gasteiger partial charge in [0.1, 0.15) is 17.4 Å². The van der Waals surface area contributed by atoms with E-state index in [1.807, 2.05) is 0 Å². The number of rotatable bonds is 1. The number of aromatic nitrogens is 2. The van der Waals surface area contributed by atoms with E-state index < -0.39 is 5.82 Å². The molecule has 1 heterocycles. The fourth-order valence-electron chi connectivity index (χ4n) is 1.90. The summed E-state index contributed by atoms with van der Waals surface area (Å²) in [6.07, 6.45) is 0. The number of aromatic amines is 1. The predicted octanol–water partition coefficient (Wildman–Crippen LogP) is 5.03. The SMILES string of the molecule is Oc1c(Cl)cc(Cl)c(Cl)c1-c1nc2ccc(F)cc2[nH]1. The molecule has 3 aromatic rings. The molecule has 0 saturated heterocycles. The number of fused-ring (bicyclic) bond motifs is 1. The number of imidazole rings is 1. The van der Waals surface area contributed by atoms with Gasteiger partial charge in [0.2, 0.25) is 0 Å². The van der Waals surface area contributed by atoms with Crippen molar-refractivity contribution in [3.05, 3.63) is 45.2 Å². The lowest BCUT2D eigenvalue weighted by Gasteiger charge is -2.07. The van der Waals surface area contributed by atoms with Crippen LogP contribution in [0.4, 0.5) is 4.39 Å². The molecule has 7 heteroatoms. The number of H-pyrrole nitrogens is 1. The van der Waals surface area contributed by atoms with Crippen molar-refractivity contribution in [3.8, 4) is 17.1 Å². The van der Waals surface area contributed by atoms with Gasteiger partial charge in [-0.2, -0.15) is 0 Å². The molecule has 0 amide bonds. The standard InChI is InChI=1S/C13H6Cl3FN2O/c14-6-4-7(15)12(20)10(11(6)16)13-18-8-2-1-5(17)3-9(8)19-13/h1-4,20H,(H,18,19). The lowest BCUT2D eigenvalue weighted by atomic mass is 10.2. The lowest BCUT2D eigenvalue weighted by molar-refractivity contribution is 0.477. The quantitative estimate of drug-likeness (QED) is 0.614. The zero-order valence-electron chi connectivity index (χ0n) is 9.72. The average molecular weight is 332 g/mol. The van der Waals surface area contributed by atoms with Crippen LogP contribution in [0.15, 0.2) is 24.3 Å². The van der Waals surface area contributed by atoms with Crippen molar-refractivity contribution < 1.29 is 9.50 Å². The first kappa shape index (κ1) is 13.5. The Morgan fingerprint density at radius 2 is 1.85 bits per heavy atom. The third-order valence-corrected chi connectivity index (χ3v) is 3.90. The molecule has 0 aliphatic rings. The number of phenols is 1. The number of aromatic hydroxyl groups is 1. The molecule has 0 atom stereocenters. The van der Waals surface area contributed by atoms with Crippen LogP contribution in [0.1, 0.15) is 0 Å². The lowest BCUT2D eigenvalue weighted by Crippen LogP contribution is -1.86. The van der Waals surface area contributed by atoms with Gasteiger partial charge in [-0.05, 0) is 24.3 Å². The minimum Gasteiger partial charge on any atom is -0.506 e. The molecule has 0 bridgehead atoms. The summed E-state index contributed by atoms with van der Waals surface area (Å²) in [5.74, 6) is -0.370. The molecule has 3 rings (SSSR count). The summed E-state index contributed by atoms with van der Waals surface area (Å²) >= 11 is 17.9. The maximum atomic E-state index is 13.2. The molecule has 0 radical (unpaired) electrons. The highest BCUT2D eigenvalue weighted by Crippen LogP contribution is 2.43. The zero-order valence-corrected chi connectivity index (χ0v) is 12.0. The summed E-state index contributed by atoms with van der Waals surface area (Å²) in [7, 11) is 0. The highest BCUT2D eigenvalue weighted by atomic mass is 35.5. The molecule has 0 unspecified atom stereocenters. The Balaban J connectivity index is 2.30. The fraction of sp³-hybridized carbons (Fsp3) is 0. The van der Waals surface area contributed by atoms with Gasteiger partial charge in [-0.15, -0.1) is 0 Å². The van der Waals surface area contributed by atoms with Crippen LogP contribution in [0.3, 0.4) is 0 Å². The van der Waals surface area contributed by atoms with E-state index in [0.29, 0.717) is 11.0 Å². The number of hydrogen-bond acceptors (Lipinski definition) is 2. The summed E-state index contributed by atoms with van der Waals surface area (Å²) in [6, 6.07) is 5.44. The Labute approximate surface area is 127 Å². The zero-order chi connectivity index (χ0) is 14.4. The van der Waals surface area contributed by atoms with Crippen molar-refractivity contribution >= 4 is 45.8 Å². The average Bonchev–Trinajstić information content (AvgIpc) is 2.79. The maximum Gasteiger partial charge on any atom is 0.146 e. The largest absolute Gasteiger partial charge is 0.506 e. The summed E-state index contributed by atoms with van der Waals surface area (Å²) in [6.45, 7) is 0. The first-order valence-corrected chi connectivity index (χ1v) is 6.63. The molecule has 1 aromatic heterocycles. The van der Waals surface area contributed by atoms with Crippen molar-refractivity contribution in [3.63, 3.8) is 0 Å². The summed E-state index contributed by atoms with van der Waals surface area (Å²) in [5.41, 5.74) is 1.19. The van der Waals surface area contributed by atoms with Gasteiger partial charge < -0.3 is 10.1 Å². The molecule has 0 aliphatic heterocycles. The first-order valence-electron chi connectivity index (χ1n) is 5.49. The number of halogens is 4. The Kier molecular flexibility index (Phi) is 3.24. The maximum absolute atomic E-state index is 13.2. The van der Waals surface area contributed by atoms with Gasteiger partial charge in [-0.1, -0.05) is 34.8 Å². The molecule has 20 heavy (non-hydrogen) atoms. The first-order chi connectivity index (χ1) is 9.47. The van der Waals surface area contributed by atoms with Crippen molar-refractivity contribution in [2.45, 2.75) is 0 Å². The molecular formula is C13H6Cl3FN2O. The number of hydrogen-bond donors (Lipinski definition) is 2. The summed E-state index contributed by atoms with van der Waals surface area (Å²) in [4.78, 5) is 7.12. The molecule has 102 valence electrons. The van der Waals surface area contributed by atoms with E-state index in [1.54, 1.807) is 0 Å². The van der Waals surface area contributed by atoms with Crippen LogP contribution in [-0.2, 0) is 0 Å². The smallest absolute Gasteiger partial charge is 0.146 e. The normalized spacial score (nSPS) is 11.2. The molecule has 0 spiro atoms. The Morgan fingerprint density at radius 3 is 2.60 bits per heavy atom. The van der Waals surface area contributed by atoms with Crippen LogP contribution < -0.4 is 0 Å². The Bertz CT molecular complexity index is 806. The molecule has 2 N–H and O–H groups in total. The van der Waals surface area contributed by atoms with Gasteiger partial charge in [-0.3, -0.25) is 0 Å². The van der Waals surface area contributed by atoms with Gasteiger partial charge in [0.15, 0.2) is 0 Å². The Morgan fingerprint density at radius 1 is 1.10 bits per heavy atom. The van der Waals surface area contributed by atoms with Gasteiger partial charge in [0.05, 0.1) is 31.7 Å². The monoisotopic (exact) mass is 330 g/mol. The van der Waals surface area contributed by atoms with Crippen LogP contribution in [0.2, 0.25) is 15.1 Å². The van der Waals surface area contributed by atoms with Crippen LogP contribution in [-0.4, -0.2) is 15.1 Å². The summed E-state index contributed by atoms with van der Waals surface area (Å²) in [5, 5.41) is 10.4. The second kappa shape index (κ2) is 4.81. The summed E-state index contributed by atoms with van der Waals surface area (Å²) < 4.78 is 13.2. The number of phenolic OH excluding ortho intramolecular Hbond substituents is 1. The second-order valence-electron chi connectivity index (χ2n) is 4.12. The third-order valence-electron chi connectivity index (χ3n) is 2.83. The second-order valence-corrected chi connectivity index (χ2v) is 5.32. The van der Waals surface area contributed by atoms with Gasteiger partial charge >= 0.3 is 0 Å². The van der Waals surface area contributed by atoms with Crippen molar-refractivity contribution in [1.29, 1.82) is 0 Å². The van der Waals surface area contributed by atoms with Crippen LogP contribution in [0, 0.1) is 5.82 Å². The van der Waals surface area contributed by atoms with Crippen molar-refractivity contribution in [1.82, 2.24) is 9.97 Å². The minimum absolute atomic E-state index is 0.0565. The van der Waals surface area contributed by atoms with E-state index in [2.05, 4.69) is 9.97 Å². The molecule has 0 saturated carbocycles. The fourth-order valence-corrected chi connectivity index (χ4v) is 2.60. The molecule has 0 fully saturated rings. The van der Waals surface area contributed by atoms with Gasteiger partial charge in [-0.25, -0.2) is 9.37 Å². The highest BCUT2D eigenvalue weighted by molar-refractivity contribution is 6.45.